The van der Waals surface area contributed by atoms with Crippen LogP contribution in [-0.2, 0) is 38.2 Å². The number of carboxylic acids is 6. The molecule has 2 aromatic rings. The Balaban J connectivity index is 0.000000190. The van der Waals surface area contributed by atoms with Crippen LogP contribution in [0.5, 0.6) is 0 Å². The smallest absolute Gasteiger partial charge is 0.328 e. The lowest BCUT2D eigenvalue weighted by Gasteiger charge is -2.29. The Bertz CT molecular complexity index is 1730. The minimum atomic E-state index is -1.26. The summed E-state index contributed by atoms with van der Waals surface area (Å²) in [5.74, 6) is -4.26. The molecule has 0 amide bonds. The van der Waals surface area contributed by atoms with Gasteiger partial charge in [0.25, 0.3) is 0 Å². The van der Waals surface area contributed by atoms with E-state index < -0.39 is 35.8 Å². The largest absolute Gasteiger partial charge is 0.478 e. The van der Waals surface area contributed by atoms with Gasteiger partial charge in [-0.05, 0) is 35.8 Å². The standard InChI is InChI=1S/2C15H22N4O.3C4H4O4/c2*1-3-20-4-2-18(1)14-5-15(9-17-8-14)19-10-12-6-16-7-13(12)11-19;3*5-3(6)1-2-4(7)8/h2*5,8-9,12-13,16H,1-4,6-7,10-11H2;3*1-2H,(H,5,6)(H,7,8)/b;;3*2-1+/t2*12-,13+;;;. The Labute approximate surface area is 369 Å². The van der Waals surface area contributed by atoms with E-state index in [1.807, 2.05) is 24.8 Å². The van der Waals surface area contributed by atoms with Crippen molar-refractivity contribution in [1.29, 1.82) is 0 Å². The lowest BCUT2D eigenvalue weighted by Crippen LogP contribution is -2.36. The third-order valence-electron chi connectivity index (χ3n) is 10.8. The summed E-state index contributed by atoms with van der Waals surface area (Å²) >= 11 is 0. The second kappa shape index (κ2) is 26.1. The van der Waals surface area contributed by atoms with Crippen LogP contribution in [0, 0.1) is 23.7 Å². The number of morpholine rings is 2. The fraction of sp³-hybridized carbons (Fsp3) is 0.476. The number of anilines is 4. The molecule has 0 spiro atoms. The number of aromatic nitrogens is 2. The maximum atomic E-state index is 9.55. The van der Waals surface area contributed by atoms with Crippen LogP contribution in [0.1, 0.15) is 0 Å². The summed E-state index contributed by atoms with van der Waals surface area (Å²) in [6, 6.07) is 4.60. The zero-order chi connectivity index (χ0) is 46.4. The van der Waals surface area contributed by atoms with Crippen molar-refractivity contribution in [2.24, 2.45) is 23.7 Å². The molecule has 8 rings (SSSR count). The molecule has 8 heterocycles. The zero-order valence-corrected chi connectivity index (χ0v) is 35.2. The van der Waals surface area contributed by atoms with Gasteiger partial charge in [0, 0.05) is 115 Å². The number of ether oxygens (including phenoxy) is 2. The Hall–Kier alpha value is -6.62. The average molecular weight is 897 g/mol. The summed E-state index contributed by atoms with van der Waals surface area (Å²) in [6.45, 7) is 16.6. The van der Waals surface area contributed by atoms with Crippen LogP contribution in [0.4, 0.5) is 22.7 Å². The predicted octanol–water partition coefficient (Wildman–Crippen LogP) is 0.283. The maximum absolute atomic E-state index is 9.55. The summed E-state index contributed by atoms with van der Waals surface area (Å²) in [7, 11) is 0. The number of carbonyl (C=O) groups is 6. The summed E-state index contributed by atoms with van der Waals surface area (Å²) in [5, 5.41) is 53.9. The van der Waals surface area contributed by atoms with Gasteiger partial charge < -0.3 is 70.3 Å². The highest BCUT2D eigenvalue weighted by Crippen LogP contribution is 2.33. The monoisotopic (exact) mass is 896 g/mol. The average Bonchev–Trinajstić information content (AvgIpc) is 4.10. The number of hydrogen-bond donors (Lipinski definition) is 8. The van der Waals surface area contributed by atoms with E-state index in [2.05, 4.69) is 52.3 Å². The summed E-state index contributed by atoms with van der Waals surface area (Å²) < 4.78 is 10.8. The molecule has 0 saturated carbocycles. The van der Waals surface area contributed by atoms with E-state index in [-0.39, 0.29) is 0 Å². The molecular formula is C42H56N8O14. The highest BCUT2D eigenvalue weighted by molar-refractivity contribution is 5.90. The van der Waals surface area contributed by atoms with Crippen molar-refractivity contribution >= 4 is 58.6 Å². The number of nitrogens with one attached hydrogen (secondary N) is 2. The number of carboxylic acid groups (broad SMARTS) is 6. The Morgan fingerprint density at radius 1 is 0.438 bits per heavy atom. The van der Waals surface area contributed by atoms with Crippen LogP contribution < -0.4 is 30.2 Å². The molecule has 348 valence electrons. The number of pyridine rings is 2. The van der Waals surface area contributed by atoms with E-state index in [9.17, 15) is 28.8 Å². The first-order valence-corrected chi connectivity index (χ1v) is 20.6. The fourth-order valence-corrected chi connectivity index (χ4v) is 7.73. The van der Waals surface area contributed by atoms with Gasteiger partial charge in [0.1, 0.15) is 0 Å². The summed E-state index contributed by atoms with van der Waals surface area (Å²) in [6.07, 6.45) is 11.3. The van der Waals surface area contributed by atoms with Crippen LogP contribution in [0.3, 0.4) is 0 Å². The van der Waals surface area contributed by atoms with Gasteiger partial charge in [0.05, 0.1) is 74.0 Å². The van der Waals surface area contributed by atoms with Gasteiger partial charge in [-0.25, -0.2) is 28.8 Å². The van der Waals surface area contributed by atoms with Crippen molar-refractivity contribution in [1.82, 2.24) is 20.6 Å². The molecule has 22 heteroatoms. The molecule has 0 unspecified atom stereocenters. The molecule has 0 aromatic carbocycles. The minimum absolute atomic E-state index is 0.558. The van der Waals surface area contributed by atoms with Crippen LogP contribution >= 0.6 is 0 Å². The molecule has 22 nitrogen and oxygen atoms in total. The van der Waals surface area contributed by atoms with E-state index in [1.165, 1.54) is 75.1 Å². The first-order valence-electron chi connectivity index (χ1n) is 20.6. The normalized spacial score (nSPS) is 22.2. The molecule has 6 aliphatic heterocycles. The fourth-order valence-electron chi connectivity index (χ4n) is 7.73. The van der Waals surface area contributed by atoms with Gasteiger partial charge in [0.15, 0.2) is 0 Å². The molecule has 64 heavy (non-hydrogen) atoms. The molecular weight excluding hydrogens is 841 g/mol. The van der Waals surface area contributed by atoms with E-state index in [0.29, 0.717) is 36.5 Å². The van der Waals surface area contributed by atoms with Crippen molar-refractivity contribution in [3.63, 3.8) is 0 Å². The predicted molar refractivity (Wildman–Crippen MR) is 232 cm³/mol. The Morgan fingerprint density at radius 3 is 0.906 bits per heavy atom. The van der Waals surface area contributed by atoms with Gasteiger partial charge >= 0.3 is 35.8 Å². The number of nitrogens with zero attached hydrogens (tertiary/aromatic N) is 6. The quantitative estimate of drug-likeness (QED) is 0.149. The molecule has 0 aliphatic carbocycles. The maximum Gasteiger partial charge on any atom is 0.328 e. The topological polar surface area (TPSA) is 305 Å². The lowest BCUT2D eigenvalue weighted by molar-refractivity contribution is -0.134. The molecule has 6 fully saturated rings. The zero-order valence-electron chi connectivity index (χ0n) is 35.2. The number of rotatable bonds is 10. The third-order valence-corrected chi connectivity index (χ3v) is 10.8. The molecule has 0 radical (unpaired) electrons. The number of hydrogen-bond acceptors (Lipinski definition) is 16. The van der Waals surface area contributed by atoms with E-state index >= 15 is 0 Å². The van der Waals surface area contributed by atoms with Crippen LogP contribution in [0.2, 0.25) is 0 Å². The van der Waals surface area contributed by atoms with E-state index in [0.717, 1.165) is 76.3 Å². The first kappa shape index (κ1) is 50.0. The third kappa shape index (κ3) is 17.6. The number of aliphatic carboxylic acids is 6. The van der Waals surface area contributed by atoms with Gasteiger partial charge in [-0.1, -0.05) is 0 Å². The molecule has 2 aromatic heterocycles. The molecule has 6 saturated heterocycles. The number of fused-ring (bicyclic) bond motifs is 2. The Morgan fingerprint density at radius 2 is 0.672 bits per heavy atom. The van der Waals surface area contributed by atoms with Gasteiger partial charge in [0.2, 0.25) is 0 Å². The van der Waals surface area contributed by atoms with Crippen LogP contribution in [-0.4, -0.2) is 181 Å². The highest BCUT2D eigenvalue weighted by Gasteiger charge is 2.37. The van der Waals surface area contributed by atoms with Crippen molar-refractivity contribution in [2.45, 2.75) is 0 Å². The van der Waals surface area contributed by atoms with Crippen molar-refractivity contribution in [3.8, 4) is 0 Å². The summed E-state index contributed by atoms with van der Waals surface area (Å²) in [5.41, 5.74) is 5.04. The van der Waals surface area contributed by atoms with Gasteiger partial charge in [-0.15, -0.1) is 0 Å². The van der Waals surface area contributed by atoms with E-state index in [4.69, 9.17) is 40.1 Å². The minimum Gasteiger partial charge on any atom is -0.478 e. The van der Waals surface area contributed by atoms with Crippen LogP contribution in [0.15, 0.2) is 73.4 Å². The lowest BCUT2D eigenvalue weighted by atomic mass is 10.0. The van der Waals surface area contributed by atoms with Crippen molar-refractivity contribution < 1.29 is 68.9 Å². The molecule has 8 N–H and O–H groups in total. The second-order valence-corrected chi connectivity index (χ2v) is 15.2. The van der Waals surface area contributed by atoms with Crippen LogP contribution in [0.25, 0.3) is 0 Å². The second-order valence-electron chi connectivity index (χ2n) is 15.2. The van der Waals surface area contributed by atoms with Crippen molar-refractivity contribution in [2.75, 3.05) is 125 Å². The molecule has 4 atom stereocenters. The highest BCUT2D eigenvalue weighted by atomic mass is 16.5. The summed E-state index contributed by atoms with van der Waals surface area (Å²) in [4.78, 5) is 76.0. The van der Waals surface area contributed by atoms with Gasteiger partial charge in [-0.2, -0.15) is 0 Å². The van der Waals surface area contributed by atoms with Crippen molar-refractivity contribution in [3.05, 3.63) is 73.4 Å². The molecule has 0 bridgehead atoms. The molecule has 6 aliphatic rings. The van der Waals surface area contributed by atoms with E-state index in [1.54, 1.807) is 0 Å². The first-order chi connectivity index (χ1) is 30.7. The Kier molecular flexibility index (Phi) is 20.4. The SMILES string of the molecule is O=C(O)/C=C/C(=O)O.O=C(O)/C=C/C(=O)O.O=C(O)/C=C/C(=O)O.c1ncc(N2C[C@H]3CNC[C@H]3C2)cc1N1CCOCC1.c1ncc(N2C[C@H]3CNC[C@H]3C2)cc1N1CCOCC1. The van der Waals surface area contributed by atoms with Gasteiger partial charge in [-0.3, -0.25) is 9.97 Å².